The van der Waals surface area contributed by atoms with Gasteiger partial charge in [0, 0.05) is 22.4 Å². The van der Waals surface area contributed by atoms with Gasteiger partial charge >= 0.3 is 0 Å². The third-order valence-electron chi connectivity index (χ3n) is 4.34. The summed E-state index contributed by atoms with van der Waals surface area (Å²) in [7, 11) is 3.23. The molecule has 0 saturated heterocycles. The molecule has 0 aromatic heterocycles. The zero-order valence-corrected chi connectivity index (χ0v) is 17.0. The Labute approximate surface area is 159 Å². The Bertz CT molecular complexity index is 547. The Morgan fingerprint density at radius 2 is 1.92 bits per heavy atom. The van der Waals surface area contributed by atoms with Gasteiger partial charge in [-0.25, -0.2) is 0 Å². The largest absolute Gasteiger partial charge is 0.493 e. The van der Waals surface area contributed by atoms with E-state index in [4.69, 9.17) is 9.47 Å². The van der Waals surface area contributed by atoms with E-state index in [1.54, 1.807) is 14.2 Å². The normalized spacial score (nSPS) is 16.3. The molecule has 6 heteroatoms. The topological polar surface area (TPSA) is 47.6 Å². The summed E-state index contributed by atoms with van der Waals surface area (Å²) < 4.78 is 10.6. The van der Waals surface area contributed by atoms with E-state index in [1.165, 1.54) is 43.9 Å². The Kier molecular flexibility index (Phi) is 8.82. The van der Waals surface area contributed by atoms with Gasteiger partial charge in [0.25, 0.3) is 0 Å². The summed E-state index contributed by atoms with van der Waals surface area (Å²) in [5.74, 6) is 2.47. The summed E-state index contributed by atoms with van der Waals surface area (Å²) in [6, 6.07) is 5.73. The molecule has 1 aliphatic carbocycles. The van der Waals surface area contributed by atoms with E-state index in [0.717, 1.165) is 22.4 Å². The first-order valence-corrected chi connectivity index (χ1v) is 10.8. The van der Waals surface area contributed by atoms with Gasteiger partial charge in [-0.05, 0) is 38.0 Å². The quantitative estimate of drug-likeness (QED) is 0.507. The fourth-order valence-corrected chi connectivity index (χ4v) is 5.06. The Balaban J connectivity index is 1.72. The van der Waals surface area contributed by atoms with Gasteiger partial charge in [-0.2, -0.15) is 11.8 Å². The summed E-state index contributed by atoms with van der Waals surface area (Å²) in [5.41, 5.74) is 0. The number of methoxy groups -OCH3 is 2. The van der Waals surface area contributed by atoms with Gasteiger partial charge in [-0.3, -0.25) is 4.79 Å². The van der Waals surface area contributed by atoms with E-state index in [2.05, 4.69) is 5.32 Å². The first-order chi connectivity index (χ1) is 12.1. The second-order valence-electron chi connectivity index (χ2n) is 6.20. The molecule has 1 saturated carbocycles. The van der Waals surface area contributed by atoms with E-state index in [9.17, 15) is 4.79 Å². The van der Waals surface area contributed by atoms with Gasteiger partial charge in [0.2, 0.25) is 5.91 Å². The molecular formula is C19H29NO3S2. The first kappa shape index (κ1) is 20.3. The molecule has 0 spiro atoms. The lowest BCUT2D eigenvalue weighted by Crippen LogP contribution is -2.32. The number of amides is 1. The van der Waals surface area contributed by atoms with Crippen LogP contribution in [0.25, 0.3) is 0 Å². The minimum absolute atomic E-state index is 0.0871. The highest BCUT2D eigenvalue weighted by atomic mass is 32.2. The van der Waals surface area contributed by atoms with Crippen molar-refractivity contribution in [1.29, 1.82) is 0 Å². The Morgan fingerprint density at radius 1 is 1.20 bits per heavy atom. The third kappa shape index (κ3) is 6.66. The summed E-state index contributed by atoms with van der Waals surface area (Å²) in [6.45, 7) is 2.68. The first-order valence-electron chi connectivity index (χ1n) is 8.92. The van der Waals surface area contributed by atoms with Crippen molar-refractivity contribution in [1.82, 2.24) is 5.32 Å². The molecule has 1 N–H and O–H groups in total. The summed E-state index contributed by atoms with van der Waals surface area (Å²) in [5, 5.41) is 3.71. The van der Waals surface area contributed by atoms with Crippen LogP contribution in [-0.2, 0) is 4.79 Å². The lowest BCUT2D eigenvalue weighted by Gasteiger charge is -2.21. The second-order valence-corrected chi connectivity index (χ2v) is 9.02. The predicted molar refractivity (Wildman–Crippen MR) is 107 cm³/mol. The van der Waals surface area contributed by atoms with Gasteiger partial charge in [-0.1, -0.05) is 19.3 Å². The molecule has 140 valence electrons. The van der Waals surface area contributed by atoms with Gasteiger partial charge in [-0.15, -0.1) is 11.8 Å². The Hall–Kier alpha value is -1.01. The van der Waals surface area contributed by atoms with Gasteiger partial charge in [0.1, 0.15) is 0 Å². The molecular weight excluding hydrogens is 354 g/mol. The third-order valence-corrected chi connectivity index (χ3v) is 6.82. The summed E-state index contributed by atoms with van der Waals surface area (Å²) >= 11 is 3.54. The van der Waals surface area contributed by atoms with Crippen molar-refractivity contribution in [2.24, 2.45) is 0 Å². The van der Waals surface area contributed by atoms with Crippen LogP contribution in [0.3, 0.4) is 0 Å². The van der Waals surface area contributed by atoms with E-state index in [1.807, 2.05) is 36.9 Å². The highest BCUT2D eigenvalue weighted by Crippen LogP contribution is 2.33. The molecule has 1 fully saturated rings. The van der Waals surface area contributed by atoms with E-state index >= 15 is 0 Å². The number of rotatable bonds is 9. The standard InChI is InChI=1S/C19H29NO3S2/c1-14(25-16-9-10-17(22-2)18(13-16)23-3)19(21)20-11-12-24-15-7-5-4-6-8-15/h9-10,13-15H,4-8,11-12H2,1-3H3,(H,20,21)/t14-/m1/s1. The van der Waals surface area contributed by atoms with Crippen LogP contribution in [0.5, 0.6) is 11.5 Å². The molecule has 1 amide bonds. The number of carbonyl (C=O) groups excluding carboxylic acids is 1. The second kappa shape index (κ2) is 10.9. The molecule has 1 atom stereocenters. The van der Waals surface area contributed by atoms with Gasteiger partial charge in [0.15, 0.2) is 11.5 Å². The monoisotopic (exact) mass is 383 g/mol. The predicted octanol–water partition coefficient (Wildman–Crippen LogP) is 4.37. The maximum atomic E-state index is 12.3. The Morgan fingerprint density at radius 3 is 2.60 bits per heavy atom. The SMILES string of the molecule is COc1ccc(S[C@H](C)C(=O)NCCSC2CCCCC2)cc1OC. The zero-order chi connectivity index (χ0) is 18.1. The van der Waals surface area contributed by atoms with Crippen LogP contribution in [0, 0.1) is 0 Å². The highest BCUT2D eigenvalue weighted by Gasteiger charge is 2.16. The average Bonchev–Trinajstić information content (AvgIpc) is 2.65. The van der Waals surface area contributed by atoms with Crippen molar-refractivity contribution >= 4 is 29.4 Å². The molecule has 2 rings (SSSR count). The molecule has 0 bridgehead atoms. The van der Waals surface area contributed by atoms with Crippen molar-refractivity contribution in [3.8, 4) is 11.5 Å². The van der Waals surface area contributed by atoms with Crippen molar-refractivity contribution in [3.05, 3.63) is 18.2 Å². The van der Waals surface area contributed by atoms with Crippen LogP contribution in [0.4, 0.5) is 0 Å². The van der Waals surface area contributed by atoms with Crippen molar-refractivity contribution in [2.75, 3.05) is 26.5 Å². The smallest absolute Gasteiger partial charge is 0.233 e. The maximum Gasteiger partial charge on any atom is 0.233 e. The number of carbonyl (C=O) groups is 1. The van der Waals surface area contributed by atoms with Crippen LogP contribution in [0.15, 0.2) is 23.1 Å². The number of benzene rings is 1. The highest BCUT2D eigenvalue weighted by molar-refractivity contribution is 8.00. The maximum absolute atomic E-state index is 12.3. The molecule has 0 aliphatic heterocycles. The molecule has 1 aromatic rings. The van der Waals surface area contributed by atoms with E-state index in [-0.39, 0.29) is 11.2 Å². The molecule has 0 radical (unpaired) electrons. The zero-order valence-electron chi connectivity index (χ0n) is 15.4. The van der Waals surface area contributed by atoms with Crippen LogP contribution in [-0.4, -0.2) is 42.9 Å². The fourth-order valence-electron chi connectivity index (χ4n) is 2.92. The van der Waals surface area contributed by atoms with Crippen molar-refractivity contribution in [2.45, 2.75) is 54.4 Å². The molecule has 1 aromatic carbocycles. The molecule has 0 heterocycles. The number of thioether (sulfide) groups is 2. The molecule has 25 heavy (non-hydrogen) atoms. The number of hydrogen-bond acceptors (Lipinski definition) is 5. The van der Waals surface area contributed by atoms with Crippen molar-refractivity contribution in [3.63, 3.8) is 0 Å². The number of hydrogen-bond donors (Lipinski definition) is 1. The lowest BCUT2D eigenvalue weighted by atomic mass is 10.0. The fraction of sp³-hybridized carbons (Fsp3) is 0.632. The van der Waals surface area contributed by atoms with E-state index in [0.29, 0.717) is 11.5 Å². The minimum Gasteiger partial charge on any atom is -0.493 e. The van der Waals surface area contributed by atoms with Gasteiger partial charge in [0.05, 0.1) is 19.5 Å². The molecule has 0 unspecified atom stereocenters. The summed E-state index contributed by atoms with van der Waals surface area (Å²) in [4.78, 5) is 13.3. The van der Waals surface area contributed by atoms with Crippen LogP contribution in [0.2, 0.25) is 0 Å². The van der Waals surface area contributed by atoms with E-state index < -0.39 is 0 Å². The average molecular weight is 384 g/mol. The van der Waals surface area contributed by atoms with Crippen LogP contribution >= 0.6 is 23.5 Å². The summed E-state index contributed by atoms with van der Waals surface area (Å²) in [6.07, 6.45) is 6.79. The minimum atomic E-state index is -0.141. The molecule has 4 nitrogen and oxygen atoms in total. The van der Waals surface area contributed by atoms with Crippen LogP contribution < -0.4 is 14.8 Å². The van der Waals surface area contributed by atoms with Gasteiger partial charge < -0.3 is 14.8 Å². The van der Waals surface area contributed by atoms with Crippen molar-refractivity contribution < 1.29 is 14.3 Å². The lowest BCUT2D eigenvalue weighted by molar-refractivity contribution is -0.120. The number of nitrogens with one attached hydrogen (secondary N) is 1. The molecule has 1 aliphatic rings. The van der Waals surface area contributed by atoms with Crippen LogP contribution in [0.1, 0.15) is 39.0 Å². The number of ether oxygens (including phenoxy) is 2.